The van der Waals surface area contributed by atoms with Gasteiger partial charge in [-0.1, -0.05) is 51.4 Å². The van der Waals surface area contributed by atoms with Crippen molar-refractivity contribution in [1.29, 1.82) is 0 Å². The minimum Gasteiger partial charge on any atom is -0.103 e. The zero-order chi connectivity index (χ0) is 9.19. The SMILES string of the molecule is C=CC(C1CCCC1)[Si](C)(C)C. The molecule has 0 nitrogen and oxygen atoms in total. The van der Waals surface area contributed by atoms with Crippen molar-refractivity contribution in [3.8, 4) is 0 Å². The Morgan fingerprint density at radius 3 is 2.08 bits per heavy atom. The quantitative estimate of drug-likeness (QED) is 0.456. The van der Waals surface area contributed by atoms with Crippen LogP contribution in [-0.4, -0.2) is 8.07 Å². The first kappa shape index (κ1) is 10.0. The summed E-state index contributed by atoms with van der Waals surface area (Å²) in [6.07, 6.45) is 8.07. The van der Waals surface area contributed by atoms with Gasteiger partial charge in [0.15, 0.2) is 0 Å². The highest BCUT2D eigenvalue weighted by atomic mass is 28.3. The van der Waals surface area contributed by atoms with Gasteiger partial charge in [0.1, 0.15) is 0 Å². The highest BCUT2D eigenvalue weighted by Gasteiger charge is 2.32. The van der Waals surface area contributed by atoms with Crippen molar-refractivity contribution in [2.75, 3.05) is 0 Å². The Kier molecular flexibility index (Phi) is 3.16. The van der Waals surface area contributed by atoms with E-state index in [1.165, 1.54) is 25.7 Å². The molecule has 0 radical (unpaired) electrons. The van der Waals surface area contributed by atoms with Crippen LogP contribution in [0.1, 0.15) is 25.7 Å². The van der Waals surface area contributed by atoms with E-state index in [0.717, 1.165) is 11.5 Å². The summed E-state index contributed by atoms with van der Waals surface area (Å²) in [6, 6.07) is 0. The normalized spacial score (nSPS) is 22.6. The average molecular weight is 182 g/mol. The Balaban J connectivity index is 2.60. The predicted molar refractivity (Wildman–Crippen MR) is 59.3 cm³/mol. The summed E-state index contributed by atoms with van der Waals surface area (Å²) >= 11 is 0. The topological polar surface area (TPSA) is 0 Å². The van der Waals surface area contributed by atoms with Crippen LogP contribution < -0.4 is 0 Å². The molecule has 0 bridgehead atoms. The lowest BCUT2D eigenvalue weighted by Gasteiger charge is -2.31. The zero-order valence-corrected chi connectivity index (χ0v) is 9.77. The van der Waals surface area contributed by atoms with E-state index in [1.54, 1.807) is 0 Å². The maximum Gasteiger partial charge on any atom is 0.0517 e. The molecule has 0 aromatic carbocycles. The molecule has 1 saturated carbocycles. The fourth-order valence-corrected chi connectivity index (χ4v) is 5.02. The van der Waals surface area contributed by atoms with Crippen molar-refractivity contribution in [3.63, 3.8) is 0 Å². The second kappa shape index (κ2) is 3.78. The van der Waals surface area contributed by atoms with Gasteiger partial charge in [-0.3, -0.25) is 0 Å². The van der Waals surface area contributed by atoms with Gasteiger partial charge in [-0.25, -0.2) is 0 Å². The van der Waals surface area contributed by atoms with Gasteiger partial charge in [0.05, 0.1) is 8.07 Å². The lowest BCUT2D eigenvalue weighted by atomic mass is 10.0. The van der Waals surface area contributed by atoms with E-state index >= 15 is 0 Å². The lowest BCUT2D eigenvalue weighted by Crippen LogP contribution is -2.31. The fourth-order valence-electron chi connectivity index (χ4n) is 2.57. The van der Waals surface area contributed by atoms with E-state index in [-0.39, 0.29) is 0 Å². The Bertz CT molecular complexity index is 149. The molecule has 0 spiro atoms. The van der Waals surface area contributed by atoms with Crippen LogP contribution in [0.3, 0.4) is 0 Å². The molecule has 1 aliphatic rings. The maximum absolute atomic E-state index is 4.01. The van der Waals surface area contributed by atoms with E-state index in [9.17, 15) is 0 Å². The molecule has 0 aromatic rings. The number of rotatable bonds is 3. The van der Waals surface area contributed by atoms with Gasteiger partial charge in [0.2, 0.25) is 0 Å². The third-order valence-electron chi connectivity index (χ3n) is 3.16. The average Bonchev–Trinajstić information content (AvgIpc) is 2.38. The Labute approximate surface area is 78.1 Å². The summed E-state index contributed by atoms with van der Waals surface area (Å²) in [7, 11) is -0.970. The van der Waals surface area contributed by atoms with Crippen LogP contribution in [0.4, 0.5) is 0 Å². The molecule has 1 heteroatoms. The van der Waals surface area contributed by atoms with Crippen LogP contribution in [0.5, 0.6) is 0 Å². The molecule has 1 rings (SSSR count). The molecule has 12 heavy (non-hydrogen) atoms. The highest BCUT2D eigenvalue weighted by Crippen LogP contribution is 2.40. The summed E-state index contributed by atoms with van der Waals surface area (Å²) in [5, 5.41) is 0. The van der Waals surface area contributed by atoms with E-state index in [2.05, 4.69) is 32.3 Å². The highest BCUT2D eigenvalue weighted by molar-refractivity contribution is 6.78. The van der Waals surface area contributed by atoms with Crippen molar-refractivity contribution in [3.05, 3.63) is 12.7 Å². The van der Waals surface area contributed by atoms with Crippen LogP contribution in [-0.2, 0) is 0 Å². The van der Waals surface area contributed by atoms with Gasteiger partial charge >= 0.3 is 0 Å². The van der Waals surface area contributed by atoms with Crippen LogP contribution in [0.15, 0.2) is 12.7 Å². The molecule has 1 atom stereocenters. The fraction of sp³-hybridized carbons (Fsp3) is 0.818. The van der Waals surface area contributed by atoms with E-state index in [1.807, 2.05) is 0 Å². The maximum atomic E-state index is 4.01. The molecule has 0 amide bonds. The summed E-state index contributed by atoms with van der Waals surface area (Å²) in [6.45, 7) is 11.4. The largest absolute Gasteiger partial charge is 0.103 e. The number of allylic oxidation sites excluding steroid dienone is 1. The van der Waals surface area contributed by atoms with Gasteiger partial charge in [0, 0.05) is 0 Å². The van der Waals surface area contributed by atoms with E-state index in [0.29, 0.717) is 0 Å². The van der Waals surface area contributed by atoms with Crippen molar-refractivity contribution < 1.29 is 0 Å². The monoisotopic (exact) mass is 182 g/mol. The molecule has 0 heterocycles. The molecule has 0 aliphatic heterocycles. The molecule has 1 unspecified atom stereocenters. The summed E-state index contributed by atoms with van der Waals surface area (Å²) in [5.74, 6) is 0.981. The summed E-state index contributed by atoms with van der Waals surface area (Å²) < 4.78 is 0. The molecular formula is C11H22Si. The smallest absolute Gasteiger partial charge is 0.0517 e. The molecular weight excluding hydrogens is 160 g/mol. The van der Waals surface area contributed by atoms with Gasteiger partial charge in [-0.05, 0) is 11.5 Å². The predicted octanol–water partition coefficient (Wildman–Crippen LogP) is 4.07. The molecule has 0 saturated heterocycles. The minimum atomic E-state index is -0.970. The zero-order valence-electron chi connectivity index (χ0n) is 8.77. The van der Waals surface area contributed by atoms with Gasteiger partial charge in [-0.15, -0.1) is 6.58 Å². The van der Waals surface area contributed by atoms with E-state index < -0.39 is 8.07 Å². The second-order valence-corrected chi connectivity index (χ2v) is 10.6. The summed E-state index contributed by atoms with van der Waals surface area (Å²) in [4.78, 5) is 0. The van der Waals surface area contributed by atoms with Crippen LogP contribution in [0.25, 0.3) is 0 Å². The van der Waals surface area contributed by atoms with Crippen LogP contribution in [0, 0.1) is 5.92 Å². The Morgan fingerprint density at radius 2 is 1.75 bits per heavy atom. The van der Waals surface area contributed by atoms with Crippen molar-refractivity contribution in [2.24, 2.45) is 5.92 Å². The first-order chi connectivity index (χ1) is 5.55. The lowest BCUT2D eigenvalue weighted by molar-refractivity contribution is 0.546. The standard InChI is InChI=1S/C11H22Si/c1-5-11(12(2,3)4)10-8-6-7-9-10/h5,10-11H,1,6-9H2,2-4H3. The Hall–Kier alpha value is -0.0431. The van der Waals surface area contributed by atoms with E-state index in [4.69, 9.17) is 0 Å². The third-order valence-corrected chi connectivity index (χ3v) is 5.87. The van der Waals surface area contributed by atoms with Crippen LogP contribution >= 0.6 is 0 Å². The first-order valence-electron chi connectivity index (χ1n) is 5.18. The van der Waals surface area contributed by atoms with Gasteiger partial charge < -0.3 is 0 Å². The first-order valence-corrected chi connectivity index (χ1v) is 8.76. The Morgan fingerprint density at radius 1 is 1.25 bits per heavy atom. The molecule has 0 aromatic heterocycles. The van der Waals surface area contributed by atoms with Crippen molar-refractivity contribution in [2.45, 2.75) is 50.9 Å². The molecule has 0 N–H and O–H groups in total. The summed E-state index contributed by atoms with van der Waals surface area (Å²) in [5.41, 5.74) is 0.861. The second-order valence-electron chi connectivity index (χ2n) is 5.17. The third kappa shape index (κ3) is 2.22. The van der Waals surface area contributed by atoms with Gasteiger partial charge in [0.25, 0.3) is 0 Å². The number of hydrogen-bond donors (Lipinski definition) is 0. The van der Waals surface area contributed by atoms with Gasteiger partial charge in [-0.2, -0.15) is 0 Å². The molecule has 1 aliphatic carbocycles. The molecule has 70 valence electrons. The van der Waals surface area contributed by atoms with Crippen molar-refractivity contribution >= 4 is 8.07 Å². The molecule has 1 fully saturated rings. The van der Waals surface area contributed by atoms with Crippen molar-refractivity contribution in [1.82, 2.24) is 0 Å². The van der Waals surface area contributed by atoms with Crippen LogP contribution in [0.2, 0.25) is 25.2 Å². The number of hydrogen-bond acceptors (Lipinski definition) is 0. The minimum absolute atomic E-state index is 0.861.